The molecule has 3 aromatic rings. The average Bonchev–Trinajstić information content (AvgIpc) is 3.47. The molecule has 6 nitrogen and oxygen atoms in total. The highest BCUT2D eigenvalue weighted by Crippen LogP contribution is 2.33. The molecule has 160 valence electrons. The molecule has 0 radical (unpaired) electrons. The Bertz CT molecular complexity index is 1120. The molecule has 0 aliphatic carbocycles. The molecule has 1 amide bonds. The maximum atomic E-state index is 13.1. The molecule has 1 atom stereocenters. The quantitative estimate of drug-likeness (QED) is 0.632. The van der Waals surface area contributed by atoms with Crippen molar-refractivity contribution in [1.82, 2.24) is 9.47 Å². The first-order valence-electron chi connectivity index (χ1n) is 10.7. The van der Waals surface area contributed by atoms with Gasteiger partial charge in [-0.05, 0) is 69.0 Å². The van der Waals surface area contributed by atoms with Crippen molar-refractivity contribution in [3.8, 4) is 6.07 Å². The number of likely N-dealkylation sites (tertiary alicyclic amines) is 1. The smallest absolute Gasteiger partial charge is 0.239 e. The number of aromatic nitrogens is 1. The molecule has 1 aliphatic rings. The molecule has 1 aliphatic heterocycles. The van der Waals surface area contributed by atoms with E-state index in [1.807, 2.05) is 36.6 Å². The van der Waals surface area contributed by atoms with Gasteiger partial charge >= 0.3 is 0 Å². The Hall–Kier alpha value is -3.30. The predicted octanol–water partition coefficient (Wildman–Crippen LogP) is 4.70. The first-order valence-corrected chi connectivity index (χ1v) is 10.7. The minimum Gasteiger partial charge on any atom is -0.467 e. The summed E-state index contributed by atoms with van der Waals surface area (Å²) in [7, 11) is 0. The lowest BCUT2D eigenvalue weighted by molar-refractivity contribution is -0.117. The number of furan rings is 1. The van der Waals surface area contributed by atoms with Gasteiger partial charge in [0.2, 0.25) is 5.91 Å². The summed E-state index contributed by atoms with van der Waals surface area (Å²) in [6, 6.07) is 14.6. The number of nitriles is 1. The highest BCUT2D eigenvalue weighted by atomic mass is 16.3. The number of carbonyl (C=O) groups is 1. The normalized spacial score (nSPS) is 16.4. The summed E-state index contributed by atoms with van der Waals surface area (Å²) < 4.78 is 7.44. The van der Waals surface area contributed by atoms with E-state index >= 15 is 0 Å². The van der Waals surface area contributed by atoms with E-state index in [0.717, 1.165) is 36.4 Å². The van der Waals surface area contributed by atoms with E-state index in [1.54, 1.807) is 6.26 Å². The fourth-order valence-corrected chi connectivity index (χ4v) is 4.57. The first kappa shape index (κ1) is 21.0. The monoisotopic (exact) mass is 416 g/mol. The number of anilines is 1. The van der Waals surface area contributed by atoms with Gasteiger partial charge in [0.1, 0.15) is 17.6 Å². The van der Waals surface area contributed by atoms with E-state index in [9.17, 15) is 10.1 Å². The van der Waals surface area contributed by atoms with Crippen LogP contribution in [0, 0.1) is 32.1 Å². The Morgan fingerprint density at radius 1 is 1.23 bits per heavy atom. The van der Waals surface area contributed by atoms with Crippen molar-refractivity contribution in [1.29, 1.82) is 5.26 Å². The van der Waals surface area contributed by atoms with E-state index in [-0.39, 0.29) is 11.9 Å². The SMILES string of the molecule is Cc1ccccc1C1CCCN1CC(=O)Nc1c(C#N)c(C)c(C)n1Cc1ccco1. The number of benzene rings is 1. The van der Waals surface area contributed by atoms with Crippen LogP contribution in [-0.2, 0) is 11.3 Å². The molecule has 6 heteroatoms. The Morgan fingerprint density at radius 2 is 2.03 bits per heavy atom. The molecule has 0 spiro atoms. The van der Waals surface area contributed by atoms with Crippen molar-refractivity contribution in [3.05, 3.63) is 76.4 Å². The third-order valence-corrected chi connectivity index (χ3v) is 6.35. The van der Waals surface area contributed by atoms with Crippen molar-refractivity contribution in [2.24, 2.45) is 0 Å². The van der Waals surface area contributed by atoms with Gasteiger partial charge in [-0.1, -0.05) is 24.3 Å². The van der Waals surface area contributed by atoms with Crippen LogP contribution in [0.3, 0.4) is 0 Å². The minimum atomic E-state index is -0.102. The van der Waals surface area contributed by atoms with Gasteiger partial charge in [-0.15, -0.1) is 0 Å². The molecule has 1 N–H and O–H groups in total. The van der Waals surface area contributed by atoms with Crippen LogP contribution in [-0.4, -0.2) is 28.5 Å². The summed E-state index contributed by atoms with van der Waals surface area (Å²) in [6.07, 6.45) is 3.75. The van der Waals surface area contributed by atoms with Gasteiger partial charge in [-0.25, -0.2) is 0 Å². The maximum Gasteiger partial charge on any atom is 0.239 e. The van der Waals surface area contributed by atoms with Crippen molar-refractivity contribution >= 4 is 11.7 Å². The Kier molecular flexibility index (Phi) is 5.97. The summed E-state index contributed by atoms with van der Waals surface area (Å²) in [6.45, 7) is 7.65. The molecule has 3 heterocycles. The fourth-order valence-electron chi connectivity index (χ4n) is 4.57. The summed E-state index contributed by atoms with van der Waals surface area (Å²) in [5.74, 6) is 1.22. The number of nitrogens with one attached hydrogen (secondary N) is 1. The molecule has 2 aromatic heterocycles. The van der Waals surface area contributed by atoms with Crippen LogP contribution >= 0.6 is 0 Å². The highest BCUT2D eigenvalue weighted by Gasteiger charge is 2.29. The van der Waals surface area contributed by atoms with E-state index in [1.165, 1.54) is 11.1 Å². The van der Waals surface area contributed by atoms with Crippen molar-refractivity contribution in [2.45, 2.75) is 46.2 Å². The number of nitrogens with zero attached hydrogens (tertiary/aromatic N) is 3. The zero-order valence-corrected chi connectivity index (χ0v) is 18.3. The van der Waals surface area contributed by atoms with Gasteiger partial charge in [0.15, 0.2) is 0 Å². The summed E-state index contributed by atoms with van der Waals surface area (Å²) in [5.41, 5.74) is 4.88. The second-order valence-corrected chi connectivity index (χ2v) is 8.24. The van der Waals surface area contributed by atoms with E-state index in [0.29, 0.717) is 24.5 Å². The third kappa shape index (κ3) is 4.14. The highest BCUT2D eigenvalue weighted by molar-refractivity contribution is 5.93. The fraction of sp³-hybridized carbons (Fsp3) is 0.360. The van der Waals surface area contributed by atoms with Crippen molar-refractivity contribution < 1.29 is 9.21 Å². The van der Waals surface area contributed by atoms with Crippen LogP contribution < -0.4 is 5.32 Å². The molecule has 1 fully saturated rings. The summed E-state index contributed by atoms with van der Waals surface area (Å²) in [5, 5.41) is 12.8. The number of rotatable bonds is 6. The number of hydrogen-bond acceptors (Lipinski definition) is 4. The van der Waals surface area contributed by atoms with E-state index in [4.69, 9.17) is 4.42 Å². The first-order chi connectivity index (χ1) is 15.0. The second kappa shape index (κ2) is 8.83. The van der Waals surface area contributed by atoms with Gasteiger partial charge in [0.05, 0.1) is 24.9 Å². The largest absolute Gasteiger partial charge is 0.467 e. The van der Waals surface area contributed by atoms with Crippen molar-refractivity contribution in [3.63, 3.8) is 0 Å². The lowest BCUT2D eigenvalue weighted by Gasteiger charge is -2.25. The number of carbonyl (C=O) groups excluding carboxylic acids is 1. The molecule has 1 saturated heterocycles. The molecule has 0 saturated carbocycles. The van der Waals surface area contributed by atoms with Gasteiger partial charge in [0.25, 0.3) is 0 Å². The zero-order valence-electron chi connectivity index (χ0n) is 18.3. The molecular formula is C25H28N4O2. The second-order valence-electron chi connectivity index (χ2n) is 8.24. The van der Waals surface area contributed by atoms with Gasteiger partial charge in [0, 0.05) is 11.7 Å². The van der Waals surface area contributed by atoms with Crippen LogP contribution in [0.1, 0.15) is 52.6 Å². The average molecular weight is 417 g/mol. The summed E-state index contributed by atoms with van der Waals surface area (Å²) >= 11 is 0. The van der Waals surface area contributed by atoms with Crippen LogP contribution in [0.25, 0.3) is 0 Å². The topological polar surface area (TPSA) is 74.2 Å². The standard InChI is InChI=1S/C25H28N4O2/c1-17-8-4-5-10-21(17)23-11-6-12-28(23)16-24(30)27-25-22(14-26)18(2)19(3)29(25)15-20-9-7-13-31-20/h4-5,7-10,13,23H,6,11-12,15-16H2,1-3H3,(H,27,30). The van der Waals surface area contributed by atoms with Gasteiger partial charge in [-0.2, -0.15) is 5.26 Å². The molecule has 1 unspecified atom stereocenters. The van der Waals surface area contributed by atoms with E-state index in [2.05, 4.69) is 41.4 Å². The third-order valence-electron chi connectivity index (χ3n) is 6.35. The zero-order chi connectivity index (χ0) is 22.0. The molecule has 31 heavy (non-hydrogen) atoms. The Morgan fingerprint density at radius 3 is 2.74 bits per heavy atom. The number of hydrogen-bond donors (Lipinski definition) is 1. The van der Waals surface area contributed by atoms with Gasteiger partial charge < -0.3 is 14.3 Å². The molecular weight excluding hydrogens is 388 g/mol. The minimum absolute atomic E-state index is 0.102. The predicted molar refractivity (Wildman–Crippen MR) is 120 cm³/mol. The number of aryl methyl sites for hydroxylation is 1. The van der Waals surface area contributed by atoms with Crippen LogP contribution in [0.5, 0.6) is 0 Å². The molecule has 0 bridgehead atoms. The number of amides is 1. The Balaban J connectivity index is 1.55. The lowest BCUT2D eigenvalue weighted by atomic mass is 9.99. The van der Waals surface area contributed by atoms with Crippen molar-refractivity contribution in [2.75, 3.05) is 18.4 Å². The Labute approximate surface area is 183 Å². The van der Waals surface area contributed by atoms with Crippen LogP contribution in [0.4, 0.5) is 5.82 Å². The molecule has 4 rings (SSSR count). The summed E-state index contributed by atoms with van der Waals surface area (Å²) in [4.78, 5) is 15.3. The van der Waals surface area contributed by atoms with E-state index < -0.39 is 0 Å². The van der Waals surface area contributed by atoms with Crippen LogP contribution in [0.2, 0.25) is 0 Å². The molecule has 1 aromatic carbocycles. The van der Waals surface area contributed by atoms with Crippen LogP contribution in [0.15, 0.2) is 47.1 Å². The lowest BCUT2D eigenvalue weighted by Crippen LogP contribution is -2.33. The van der Waals surface area contributed by atoms with Gasteiger partial charge in [-0.3, -0.25) is 9.69 Å². The maximum absolute atomic E-state index is 13.1.